The Balaban J connectivity index is 1.76. The first-order valence-corrected chi connectivity index (χ1v) is 11.7. The van der Waals surface area contributed by atoms with Gasteiger partial charge in [-0.15, -0.1) is 9.24 Å². The lowest BCUT2D eigenvalue weighted by atomic mass is 9.85. The van der Waals surface area contributed by atoms with E-state index in [1.807, 2.05) is 24.5 Å². The minimum Gasteiger partial charge on any atom is -0.394 e. The second-order valence-corrected chi connectivity index (χ2v) is 9.43. The zero-order chi connectivity index (χ0) is 22.0. The molecular formula is C21H23BrClN4O3P. The van der Waals surface area contributed by atoms with Gasteiger partial charge in [-0.1, -0.05) is 34.0 Å². The summed E-state index contributed by atoms with van der Waals surface area (Å²) in [7, 11) is 2.69. The molecule has 10 heteroatoms. The third-order valence-electron chi connectivity index (χ3n) is 5.43. The van der Waals surface area contributed by atoms with Crippen molar-refractivity contribution in [3.63, 3.8) is 0 Å². The van der Waals surface area contributed by atoms with E-state index in [2.05, 4.69) is 45.5 Å². The molecule has 0 saturated heterocycles. The van der Waals surface area contributed by atoms with Crippen LogP contribution in [0.1, 0.15) is 29.6 Å². The van der Waals surface area contributed by atoms with E-state index in [9.17, 15) is 4.79 Å². The molecule has 2 aromatic carbocycles. The Labute approximate surface area is 195 Å². The van der Waals surface area contributed by atoms with Gasteiger partial charge in [0, 0.05) is 16.3 Å². The Kier molecular flexibility index (Phi) is 7.14. The summed E-state index contributed by atoms with van der Waals surface area (Å²) in [5.74, 6) is 0.223. The Morgan fingerprint density at radius 1 is 1.39 bits per heavy atom. The van der Waals surface area contributed by atoms with Crippen LogP contribution in [-0.4, -0.2) is 33.8 Å². The smallest absolute Gasteiger partial charge is 0.277 e. The third kappa shape index (κ3) is 4.89. The summed E-state index contributed by atoms with van der Waals surface area (Å²) in [4.78, 5) is 22.6. The number of nitrogens with zero attached hydrogens (tertiary/aromatic N) is 2. The van der Waals surface area contributed by atoms with Crippen molar-refractivity contribution in [1.82, 2.24) is 15.0 Å². The highest BCUT2D eigenvalue weighted by atomic mass is 79.9. The lowest BCUT2D eigenvalue weighted by Gasteiger charge is -2.26. The highest BCUT2D eigenvalue weighted by molar-refractivity contribution is 9.10. The Morgan fingerprint density at radius 2 is 2.19 bits per heavy atom. The van der Waals surface area contributed by atoms with E-state index in [4.69, 9.17) is 21.5 Å². The van der Waals surface area contributed by atoms with E-state index in [0.717, 1.165) is 27.4 Å². The van der Waals surface area contributed by atoms with Crippen LogP contribution in [0.4, 0.5) is 11.4 Å². The molecule has 0 bridgehead atoms. The molecule has 0 spiro atoms. The number of hydrogen-bond acceptors (Lipinski definition) is 5. The van der Waals surface area contributed by atoms with Gasteiger partial charge in [0.2, 0.25) is 0 Å². The number of hydrogen-bond donors (Lipinski definition) is 3. The molecule has 3 aromatic rings. The Bertz CT molecular complexity index is 1120. The summed E-state index contributed by atoms with van der Waals surface area (Å²) >= 11 is 9.80. The van der Waals surface area contributed by atoms with E-state index in [1.165, 1.54) is 19.3 Å². The molecular weight excluding hydrogens is 503 g/mol. The fourth-order valence-corrected chi connectivity index (χ4v) is 4.75. The average Bonchev–Trinajstić information content (AvgIpc) is 3.11. The number of rotatable bonds is 8. The second-order valence-electron chi connectivity index (χ2n) is 7.53. The van der Waals surface area contributed by atoms with Gasteiger partial charge in [-0.05, 0) is 43.0 Å². The minimum absolute atomic E-state index is 0.00261. The topological polar surface area (TPSA) is 88.4 Å². The van der Waals surface area contributed by atoms with Gasteiger partial charge in [0.15, 0.2) is 0 Å². The SMILES string of the molecule is O=C(NOCCO)c1cc2c(ncn2CC2CCC2)c(P)c1Nc1ccc(Br)cc1Cl. The number of halogens is 2. The number of carbonyl (C=O) groups is 1. The molecule has 164 valence electrons. The lowest BCUT2D eigenvalue weighted by molar-refractivity contribution is 0.0169. The molecule has 1 saturated carbocycles. The van der Waals surface area contributed by atoms with E-state index in [0.29, 0.717) is 27.9 Å². The van der Waals surface area contributed by atoms with Crippen LogP contribution < -0.4 is 16.1 Å². The standard InChI is InChI=1S/C21H23BrClN4O3P/c22-13-4-5-16(15(23)8-13)25-18-14(21(29)26-30-7-6-28)9-17-19(20(18)31)24-11-27(17)10-12-2-1-3-12/h4-5,8-9,11-12,25,28H,1-3,6-7,10,31H2,(H,26,29). The number of benzene rings is 2. The molecule has 1 aromatic heterocycles. The molecule has 1 fully saturated rings. The van der Waals surface area contributed by atoms with Crippen LogP contribution in [0.15, 0.2) is 35.1 Å². The predicted octanol–water partition coefficient (Wildman–Crippen LogP) is 4.15. The van der Waals surface area contributed by atoms with Gasteiger partial charge in [0.25, 0.3) is 5.91 Å². The van der Waals surface area contributed by atoms with Crippen molar-refractivity contribution in [2.24, 2.45) is 5.92 Å². The summed E-state index contributed by atoms with van der Waals surface area (Å²) in [6.45, 7) is 0.693. The normalized spacial score (nSPS) is 13.9. The number of hydroxylamine groups is 1. The molecule has 0 radical (unpaired) electrons. The first-order valence-electron chi connectivity index (χ1n) is 10.00. The summed E-state index contributed by atoms with van der Waals surface area (Å²) < 4.78 is 2.96. The van der Waals surface area contributed by atoms with Crippen LogP contribution in [0.25, 0.3) is 11.0 Å². The highest BCUT2D eigenvalue weighted by Crippen LogP contribution is 2.33. The fraction of sp³-hybridized carbons (Fsp3) is 0.333. The van der Waals surface area contributed by atoms with E-state index in [1.54, 1.807) is 6.07 Å². The largest absolute Gasteiger partial charge is 0.394 e. The first-order chi connectivity index (χ1) is 15.0. The summed E-state index contributed by atoms with van der Waals surface area (Å²) in [6, 6.07) is 7.30. The van der Waals surface area contributed by atoms with Crippen LogP contribution in [0, 0.1) is 5.92 Å². The maximum atomic E-state index is 13.0. The number of carbonyl (C=O) groups excluding carboxylic acids is 1. The molecule has 1 aliphatic rings. The molecule has 3 N–H and O–H groups in total. The molecule has 0 aliphatic heterocycles. The number of amides is 1. The quantitative estimate of drug-likeness (QED) is 0.234. The Hall–Kier alpha value is -1.70. The van der Waals surface area contributed by atoms with Crippen molar-refractivity contribution >= 4 is 70.4 Å². The van der Waals surface area contributed by atoms with Crippen LogP contribution in [0.3, 0.4) is 0 Å². The molecule has 7 nitrogen and oxygen atoms in total. The molecule has 31 heavy (non-hydrogen) atoms. The average molecular weight is 526 g/mol. The van der Waals surface area contributed by atoms with E-state index in [-0.39, 0.29) is 13.2 Å². The highest BCUT2D eigenvalue weighted by Gasteiger charge is 2.23. The summed E-state index contributed by atoms with van der Waals surface area (Å²) in [6.07, 6.45) is 5.54. The Morgan fingerprint density at radius 3 is 2.87 bits per heavy atom. The number of aliphatic hydroxyl groups is 1. The fourth-order valence-electron chi connectivity index (χ4n) is 3.58. The lowest BCUT2D eigenvalue weighted by Crippen LogP contribution is -2.27. The van der Waals surface area contributed by atoms with Crippen molar-refractivity contribution in [3.05, 3.63) is 45.7 Å². The first kappa shape index (κ1) is 22.5. The van der Waals surface area contributed by atoms with Crippen LogP contribution >= 0.6 is 36.8 Å². The minimum atomic E-state index is -0.425. The number of aliphatic hydroxyl groups excluding tert-OH is 1. The van der Waals surface area contributed by atoms with Crippen molar-refractivity contribution in [2.45, 2.75) is 25.8 Å². The van der Waals surface area contributed by atoms with Crippen LogP contribution in [0.2, 0.25) is 5.02 Å². The number of fused-ring (bicyclic) bond motifs is 1. The molecule has 4 rings (SSSR count). The number of aromatic nitrogens is 2. The molecule has 1 heterocycles. The van der Waals surface area contributed by atoms with Gasteiger partial charge in [-0.3, -0.25) is 9.63 Å². The van der Waals surface area contributed by atoms with Crippen molar-refractivity contribution in [2.75, 3.05) is 18.5 Å². The van der Waals surface area contributed by atoms with Crippen LogP contribution in [0.5, 0.6) is 0 Å². The number of imidazole rings is 1. The molecule has 1 amide bonds. The van der Waals surface area contributed by atoms with Gasteiger partial charge in [-0.2, -0.15) is 0 Å². The van der Waals surface area contributed by atoms with Crippen LogP contribution in [-0.2, 0) is 11.4 Å². The second kappa shape index (κ2) is 9.84. The number of anilines is 2. The maximum Gasteiger partial charge on any atom is 0.277 e. The molecule has 1 aliphatic carbocycles. The van der Waals surface area contributed by atoms with Crippen molar-refractivity contribution in [3.8, 4) is 0 Å². The maximum absolute atomic E-state index is 13.0. The van der Waals surface area contributed by atoms with Gasteiger partial charge in [-0.25, -0.2) is 10.5 Å². The molecule has 1 atom stereocenters. The monoisotopic (exact) mass is 524 g/mol. The zero-order valence-corrected chi connectivity index (χ0v) is 20.2. The van der Waals surface area contributed by atoms with Gasteiger partial charge in [0.05, 0.1) is 52.5 Å². The van der Waals surface area contributed by atoms with E-state index >= 15 is 0 Å². The van der Waals surface area contributed by atoms with Gasteiger partial charge in [0.1, 0.15) is 0 Å². The third-order valence-corrected chi connectivity index (χ3v) is 6.79. The predicted molar refractivity (Wildman–Crippen MR) is 129 cm³/mol. The van der Waals surface area contributed by atoms with Gasteiger partial charge < -0.3 is 15.0 Å². The van der Waals surface area contributed by atoms with Crippen molar-refractivity contribution in [1.29, 1.82) is 0 Å². The van der Waals surface area contributed by atoms with E-state index < -0.39 is 5.91 Å². The summed E-state index contributed by atoms with van der Waals surface area (Å²) in [5, 5.41) is 13.5. The summed E-state index contributed by atoms with van der Waals surface area (Å²) in [5.41, 5.74) is 5.71. The van der Waals surface area contributed by atoms with Crippen molar-refractivity contribution < 1.29 is 14.7 Å². The molecule has 1 unspecified atom stereocenters. The number of nitrogens with one attached hydrogen (secondary N) is 2. The zero-order valence-electron chi connectivity index (χ0n) is 16.7. The van der Waals surface area contributed by atoms with Gasteiger partial charge >= 0.3 is 0 Å².